The van der Waals surface area contributed by atoms with Crippen LogP contribution in [0.5, 0.6) is 0 Å². The lowest BCUT2D eigenvalue weighted by molar-refractivity contribution is -0.131. The lowest BCUT2D eigenvalue weighted by Crippen LogP contribution is -2.46. The van der Waals surface area contributed by atoms with Crippen LogP contribution in [0.3, 0.4) is 0 Å². The number of carbonyl (C=O) groups is 1. The third-order valence-corrected chi connectivity index (χ3v) is 4.28. The fourth-order valence-corrected chi connectivity index (χ4v) is 3.06. The molecule has 0 saturated carbocycles. The monoisotopic (exact) mass is 363 g/mol. The first-order chi connectivity index (χ1) is 9.72. The molecule has 0 radical (unpaired) electrons. The minimum atomic E-state index is 0. The summed E-state index contributed by atoms with van der Waals surface area (Å²) in [6, 6.07) is 4.00. The largest absolute Gasteiger partial charge is 0.444 e. The van der Waals surface area contributed by atoms with Crippen molar-refractivity contribution in [2.45, 2.75) is 25.3 Å². The summed E-state index contributed by atoms with van der Waals surface area (Å²) in [6.45, 7) is 1.44. The number of hydrogen-bond donors (Lipinski definition) is 1. The molecule has 0 bridgehead atoms. The number of hydrogen-bond acceptors (Lipinski definition) is 5. The number of halogens is 2. The van der Waals surface area contributed by atoms with Crippen molar-refractivity contribution < 1.29 is 9.21 Å². The molecule has 0 aliphatic carbocycles. The molecule has 0 spiro atoms. The highest BCUT2D eigenvalue weighted by Gasteiger charge is 2.22. The third-order valence-electron chi connectivity index (χ3n) is 3.43. The van der Waals surface area contributed by atoms with Crippen LogP contribution < -0.4 is 5.73 Å². The first-order valence-electron chi connectivity index (χ1n) is 6.74. The summed E-state index contributed by atoms with van der Waals surface area (Å²) >= 11 is 1.57. The average molecular weight is 364 g/mol. The molecule has 2 aromatic heterocycles. The van der Waals surface area contributed by atoms with Crippen LogP contribution in [-0.4, -0.2) is 34.9 Å². The van der Waals surface area contributed by atoms with Crippen LogP contribution in [0, 0.1) is 0 Å². The number of likely N-dealkylation sites (tertiary alicyclic amines) is 1. The molecular weight excluding hydrogens is 345 g/mol. The van der Waals surface area contributed by atoms with Crippen LogP contribution in [0.15, 0.2) is 28.2 Å². The molecule has 3 heterocycles. The second-order valence-electron chi connectivity index (χ2n) is 5.04. The Morgan fingerprint density at radius 1 is 1.50 bits per heavy atom. The number of piperidine rings is 1. The molecule has 1 aliphatic rings. The minimum Gasteiger partial charge on any atom is -0.444 e. The van der Waals surface area contributed by atoms with Gasteiger partial charge in [-0.3, -0.25) is 4.79 Å². The van der Waals surface area contributed by atoms with Gasteiger partial charge >= 0.3 is 0 Å². The Hall–Kier alpha value is -1.08. The fourth-order valence-electron chi connectivity index (χ4n) is 2.40. The van der Waals surface area contributed by atoms with Crippen molar-refractivity contribution in [2.75, 3.05) is 13.1 Å². The number of aromatic nitrogens is 1. The highest BCUT2D eigenvalue weighted by molar-refractivity contribution is 7.13. The van der Waals surface area contributed by atoms with E-state index >= 15 is 0 Å². The van der Waals surface area contributed by atoms with Gasteiger partial charge < -0.3 is 15.1 Å². The van der Waals surface area contributed by atoms with Gasteiger partial charge in [-0.1, -0.05) is 6.07 Å². The van der Waals surface area contributed by atoms with E-state index in [2.05, 4.69) is 4.98 Å². The molecule has 1 amide bonds. The van der Waals surface area contributed by atoms with Crippen LogP contribution in [0.4, 0.5) is 0 Å². The summed E-state index contributed by atoms with van der Waals surface area (Å²) in [5.41, 5.74) is 6.58. The van der Waals surface area contributed by atoms with Crippen molar-refractivity contribution in [3.8, 4) is 10.8 Å². The van der Waals surface area contributed by atoms with Gasteiger partial charge in [0.2, 0.25) is 11.8 Å². The van der Waals surface area contributed by atoms with E-state index in [4.69, 9.17) is 10.2 Å². The van der Waals surface area contributed by atoms with Crippen molar-refractivity contribution >= 4 is 42.1 Å². The van der Waals surface area contributed by atoms with E-state index in [9.17, 15) is 4.79 Å². The Morgan fingerprint density at radius 3 is 3.00 bits per heavy atom. The van der Waals surface area contributed by atoms with Gasteiger partial charge in [-0.15, -0.1) is 36.2 Å². The number of carbonyl (C=O) groups excluding carboxylic acids is 1. The van der Waals surface area contributed by atoms with Crippen molar-refractivity contribution in [3.05, 3.63) is 29.5 Å². The van der Waals surface area contributed by atoms with Crippen molar-refractivity contribution in [1.29, 1.82) is 0 Å². The predicted octanol–water partition coefficient (Wildman–Crippen LogP) is 2.74. The summed E-state index contributed by atoms with van der Waals surface area (Å²) < 4.78 is 5.42. The van der Waals surface area contributed by atoms with Crippen LogP contribution in [0.25, 0.3) is 10.8 Å². The minimum absolute atomic E-state index is 0. The van der Waals surface area contributed by atoms with E-state index in [-0.39, 0.29) is 43.2 Å². The van der Waals surface area contributed by atoms with E-state index in [1.165, 1.54) is 0 Å². The second kappa shape index (κ2) is 8.53. The topological polar surface area (TPSA) is 72.4 Å². The number of thiophene rings is 1. The summed E-state index contributed by atoms with van der Waals surface area (Å²) in [7, 11) is 0. The van der Waals surface area contributed by atoms with Crippen LogP contribution in [0.2, 0.25) is 0 Å². The van der Waals surface area contributed by atoms with E-state index in [0.29, 0.717) is 18.1 Å². The number of nitrogens with two attached hydrogens (primary N) is 1. The number of oxazole rings is 1. The molecule has 5 nitrogen and oxygen atoms in total. The summed E-state index contributed by atoms with van der Waals surface area (Å²) in [6.07, 6.45) is 3.82. The zero-order chi connectivity index (χ0) is 13.9. The summed E-state index contributed by atoms with van der Waals surface area (Å²) in [5, 5.41) is 1.97. The van der Waals surface area contributed by atoms with Gasteiger partial charge in [0.1, 0.15) is 6.26 Å². The van der Waals surface area contributed by atoms with Gasteiger partial charge in [0.25, 0.3) is 0 Å². The van der Waals surface area contributed by atoms with Crippen molar-refractivity contribution in [2.24, 2.45) is 5.73 Å². The van der Waals surface area contributed by atoms with Gasteiger partial charge in [-0.25, -0.2) is 4.98 Å². The fraction of sp³-hybridized carbons (Fsp3) is 0.429. The Morgan fingerprint density at radius 2 is 2.32 bits per heavy atom. The standard InChI is InChI=1S/C14H17N3O2S.2ClH/c15-10-3-1-5-17(8-10)13(18)7-11-9-19-14(16-11)12-4-2-6-20-12;;/h2,4,6,9-10H,1,3,5,7-8,15H2;2*1H. The smallest absolute Gasteiger partial charge is 0.236 e. The molecule has 22 heavy (non-hydrogen) atoms. The molecule has 1 unspecified atom stereocenters. The maximum atomic E-state index is 12.2. The SMILES string of the molecule is Cl.Cl.NC1CCCN(C(=O)Cc2coc(-c3cccs3)n2)C1. The van der Waals surface area contributed by atoms with E-state index in [0.717, 1.165) is 24.3 Å². The molecule has 122 valence electrons. The maximum Gasteiger partial charge on any atom is 0.236 e. The van der Waals surface area contributed by atoms with Crippen molar-refractivity contribution in [3.63, 3.8) is 0 Å². The van der Waals surface area contributed by atoms with Gasteiger partial charge in [0.05, 0.1) is 17.0 Å². The zero-order valence-electron chi connectivity index (χ0n) is 11.9. The van der Waals surface area contributed by atoms with Gasteiger partial charge in [0.15, 0.2) is 0 Å². The van der Waals surface area contributed by atoms with Gasteiger partial charge in [-0.2, -0.15) is 0 Å². The normalized spacial score (nSPS) is 17.5. The van der Waals surface area contributed by atoms with E-state index < -0.39 is 0 Å². The first kappa shape index (κ1) is 19.0. The number of amides is 1. The van der Waals surface area contributed by atoms with Crippen molar-refractivity contribution in [1.82, 2.24) is 9.88 Å². The summed E-state index contributed by atoms with van der Waals surface area (Å²) in [4.78, 5) is 19.4. The highest BCUT2D eigenvalue weighted by Crippen LogP contribution is 2.24. The molecule has 1 aliphatic heterocycles. The molecule has 1 saturated heterocycles. The van der Waals surface area contributed by atoms with Crippen LogP contribution in [0.1, 0.15) is 18.5 Å². The van der Waals surface area contributed by atoms with E-state index in [1.54, 1.807) is 17.6 Å². The molecule has 2 N–H and O–H groups in total. The molecular formula is C14H19Cl2N3O2S. The Labute approximate surface area is 145 Å². The third kappa shape index (κ3) is 4.46. The summed E-state index contributed by atoms with van der Waals surface area (Å²) in [5.74, 6) is 0.657. The van der Waals surface area contributed by atoms with Gasteiger partial charge in [0, 0.05) is 19.1 Å². The Bertz CT molecular complexity index is 589. The molecule has 2 aromatic rings. The quantitative estimate of drug-likeness (QED) is 0.909. The zero-order valence-corrected chi connectivity index (χ0v) is 14.4. The highest BCUT2D eigenvalue weighted by atomic mass is 35.5. The predicted molar refractivity (Wildman–Crippen MR) is 91.8 cm³/mol. The lowest BCUT2D eigenvalue weighted by Gasteiger charge is -2.30. The first-order valence-corrected chi connectivity index (χ1v) is 7.62. The second-order valence-corrected chi connectivity index (χ2v) is 5.99. The maximum absolute atomic E-state index is 12.2. The average Bonchev–Trinajstić information content (AvgIpc) is 3.08. The molecule has 8 heteroatoms. The molecule has 1 atom stereocenters. The van der Waals surface area contributed by atoms with Crippen LogP contribution in [-0.2, 0) is 11.2 Å². The number of nitrogens with zero attached hydrogens (tertiary/aromatic N) is 2. The number of rotatable bonds is 3. The molecule has 1 fully saturated rings. The van der Waals surface area contributed by atoms with Gasteiger partial charge in [-0.05, 0) is 24.3 Å². The van der Waals surface area contributed by atoms with Crippen LogP contribution >= 0.6 is 36.2 Å². The lowest BCUT2D eigenvalue weighted by atomic mass is 10.1. The molecule has 0 aromatic carbocycles. The Kier molecular flexibility index (Phi) is 7.35. The van der Waals surface area contributed by atoms with E-state index in [1.807, 2.05) is 22.4 Å². The molecule has 3 rings (SSSR count). The Balaban J connectivity index is 0.00000121.